The van der Waals surface area contributed by atoms with Gasteiger partial charge in [-0.25, -0.2) is 0 Å². The molecule has 1 N–H and O–H groups in total. The lowest BCUT2D eigenvalue weighted by Crippen LogP contribution is -2.32. The second-order valence-corrected chi connectivity index (χ2v) is 10.4. The summed E-state index contributed by atoms with van der Waals surface area (Å²) < 4.78 is 20.4. The molecule has 0 aliphatic carbocycles. The molecule has 0 aliphatic rings. The van der Waals surface area contributed by atoms with Crippen molar-refractivity contribution in [2.24, 2.45) is 0 Å². The molecular weight excluding hydrogens is 417 g/mol. The van der Waals surface area contributed by atoms with Gasteiger partial charge in [0.2, 0.25) is 0 Å². The lowest BCUT2D eigenvalue weighted by Gasteiger charge is -2.34. The molecule has 0 amide bonds. The van der Waals surface area contributed by atoms with Gasteiger partial charge in [0.05, 0.1) is 13.7 Å². The van der Waals surface area contributed by atoms with Crippen LogP contribution in [0.3, 0.4) is 0 Å². The van der Waals surface area contributed by atoms with Crippen LogP contribution >= 0.6 is 7.14 Å². The van der Waals surface area contributed by atoms with E-state index in [-0.39, 0.29) is 6.54 Å². The van der Waals surface area contributed by atoms with Gasteiger partial charge in [-0.05, 0) is 23.3 Å². The van der Waals surface area contributed by atoms with Crippen molar-refractivity contribution in [3.63, 3.8) is 0 Å². The third kappa shape index (κ3) is 4.53. The van der Waals surface area contributed by atoms with Crippen LogP contribution in [-0.4, -0.2) is 17.4 Å². The summed E-state index contributed by atoms with van der Waals surface area (Å²) in [6, 6.07) is 35.9. The molecule has 5 heteroatoms. The molecule has 1 unspecified atom stereocenters. The fourth-order valence-electron chi connectivity index (χ4n) is 3.93. The van der Waals surface area contributed by atoms with Crippen molar-refractivity contribution in [1.29, 1.82) is 0 Å². The fraction of sp³-hybridized carbons (Fsp3) is 0.111. The van der Waals surface area contributed by atoms with Crippen molar-refractivity contribution >= 4 is 17.8 Å². The van der Waals surface area contributed by atoms with E-state index in [1.807, 2.05) is 115 Å². The van der Waals surface area contributed by atoms with Gasteiger partial charge in [0, 0.05) is 10.6 Å². The zero-order valence-electron chi connectivity index (χ0n) is 17.9. The average Bonchev–Trinajstić information content (AvgIpc) is 2.86. The van der Waals surface area contributed by atoms with Gasteiger partial charge in [-0.2, -0.15) is 5.06 Å². The average molecular weight is 443 g/mol. The molecule has 0 heterocycles. The van der Waals surface area contributed by atoms with Gasteiger partial charge < -0.3 is 14.5 Å². The molecule has 0 saturated heterocycles. The van der Waals surface area contributed by atoms with Crippen molar-refractivity contribution in [2.45, 2.75) is 12.3 Å². The van der Waals surface area contributed by atoms with E-state index < -0.39 is 12.9 Å². The Morgan fingerprint density at radius 3 is 1.69 bits per heavy atom. The van der Waals surface area contributed by atoms with Crippen LogP contribution in [0.15, 0.2) is 115 Å². The number of nitrogens with zero attached hydrogens (tertiary/aromatic N) is 1. The van der Waals surface area contributed by atoms with E-state index in [1.54, 1.807) is 7.11 Å². The SMILES string of the molecule is COc1ccc(C(N(O)Cc2ccccc2)P(=O)(c2ccccc2)c2ccccc2)cc1. The number of hydrogen-bond acceptors (Lipinski definition) is 4. The van der Waals surface area contributed by atoms with Crippen molar-refractivity contribution in [3.05, 3.63) is 126 Å². The molecule has 4 aromatic rings. The fourth-order valence-corrected chi connectivity index (χ4v) is 7.08. The summed E-state index contributed by atoms with van der Waals surface area (Å²) in [6.45, 7) is 0.237. The minimum atomic E-state index is -3.34. The van der Waals surface area contributed by atoms with Gasteiger partial charge in [-0.1, -0.05) is 103 Å². The minimum Gasteiger partial charge on any atom is -0.497 e. The van der Waals surface area contributed by atoms with E-state index in [0.717, 1.165) is 11.1 Å². The van der Waals surface area contributed by atoms with Crippen LogP contribution in [0.1, 0.15) is 16.9 Å². The van der Waals surface area contributed by atoms with Crippen molar-refractivity contribution < 1.29 is 14.5 Å². The minimum absolute atomic E-state index is 0.237. The van der Waals surface area contributed by atoms with E-state index in [4.69, 9.17) is 4.74 Å². The summed E-state index contributed by atoms with van der Waals surface area (Å²) in [5.41, 5.74) is 1.68. The van der Waals surface area contributed by atoms with Crippen molar-refractivity contribution in [2.75, 3.05) is 7.11 Å². The Balaban J connectivity index is 1.89. The largest absolute Gasteiger partial charge is 0.497 e. The van der Waals surface area contributed by atoms with Crippen molar-refractivity contribution in [3.8, 4) is 5.75 Å². The second-order valence-electron chi connectivity index (χ2n) is 7.56. The molecule has 4 rings (SSSR count). The molecule has 1 atom stereocenters. The highest BCUT2D eigenvalue weighted by molar-refractivity contribution is 7.78. The second kappa shape index (κ2) is 9.97. The Bertz CT molecular complexity index is 1120. The normalized spacial score (nSPS) is 12.5. The third-order valence-electron chi connectivity index (χ3n) is 5.51. The van der Waals surface area contributed by atoms with E-state index in [2.05, 4.69) is 0 Å². The summed E-state index contributed by atoms with van der Waals surface area (Å²) in [6.07, 6.45) is 0. The maximum Gasteiger partial charge on any atom is 0.166 e. The van der Waals surface area contributed by atoms with Crippen LogP contribution in [0.25, 0.3) is 0 Å². The van der Waals surface area contributed by atoms with Gasteiger partial charge in [-0.3, -0.25) is 0 Å². The molecule has 0 spiro atoms. The lowest BCUT2D eigenvalue weighted by molar-refractivity contribution is -0.114. The summed E-state index contributed by atoms with van der Waals surface area (Å²) >= 11 is 0. The highest BCUT2D eigenvalue weighted by atomic mass is 31.2. The highest BCUT2D eigenvalue weighted by Crippen LogP contribution is 2.58. The Morgan fingerprint density at radius 2 is 1.22 bits per heavy atom. The van der Waals surface area contributed by atoms with E-state index in [0.29, 0.717) is 16.4 Å². The predicted octanol–water partition coefficient (Wildman–Crippen LogP) is 5.60. The van der Waals surface area contributed by atoms with Gasteiger partial charge in [0.15, 0.2) is 7.14 Å². The highest BCUT2D eigenvalue weighted by Gasteiger charge is 2.41. The first-order chi connectivity index (χ1) is 15.6. The van der Waals surface area contributed by atoms with Gasteiger partial charge in [0.1, 0.15) is 11.5 Å². The van der Waals surface area contributed by atoms with Crippen LogP contribution in [-0.2, 0) is 11.1 Å². The number of methoxy groups -OCH3 is 1. The first-order valence-corrected chi connectivity index (χ1v) is 12.2. The van der Waals surface area contributed by atoms with Crippen LogP contribution < -0.4 is 15.3 Å². The molecule has 4 aromatic carbocycles. The maximum atomic E-state index is 15.1. The quantitative estimate of drug-likeness (QED) is 0.285. The maximum absolute atomic E-state index is 15.1. The van der Waals surface area contributed by atoms with Crippen LogP contribution in [0, 0.1) is 0 Å². The zero-order valence-corrected chi connectivity index (χ0v) is 18.8. The van der Waals surface area contributed by atoms with Crippen LogP contribution in [0.5, 0.6) is 5.75 Å². The first-order valence-electron chi connectivity index (χ1n) is 10.5. The number of rotatable bonds is 8. The molecule has 0 aromatic heterocycles. The smallest absolute Gasteiger partial charge is 0.166 e. The molecule has 32 heavy (non-hydrogen) atoms. The molecule has 0 radical (unpaired) electrons. The number of hydrogen-bond donors (Lipinski definition) is 1. The first kappa shape index (κ1) is 22.0. The molecule has 0 fully saturated rings. The Hall–Kier alpha value is -3.17. The zero-order chi connectivity index (χ0) is 22.4. The Kier molecular flexibility index (Phi) is 6.87. The molecule has 0 bridgehead atoms. The van der Waals surface area contributed by atoms with Crippen LogP contribution in [0.4, 0.5) is 0 Å². The lowest BCUT2D eigenvalue weighted by atomic mass is 10.2. The number of hydroxylamine groups is 2. The van der Waals surface area contributed by atoms with Gasteiger partial charge in [0.25, 0.3) is 0 Å². The number of benzene rings is 4. The summed E-state index contributed by atoms with van der Waals surface area (Å²) in [7, 11) is -1.73. The van der Waals surface area contributed by atoms with Crippen molar-refractivity contribution in [1.82, 2.24) is 5.06 Å². The Labute approximate surface area is 189 Å². The Morgan fingerprint density at radius 1 is 0.750 bits per heavy atom. The molecule has 0 aliphatic heterocycles. The van der Waals surface area contributed by atoms with E-state index >= 15 is 4.57 Å². The molecule has 4 nitrogen and oxygen atoms in total. The van der Waals surface area contributed by atoms with Gasteiger partial charge in [-0.15, -0.1) is 0 Å². The topological polar surface area (TPSA) is 49.8 Å². The third-order valence-corrected chi connectivity index (χ3v) is 8.89. The van der Waals surface area contributed by atoms with Crippen LogP contribution in [0.2, 0.25) is 0 Å². The standard InChI is InChI=1S/C27H26NO3P/c1-31-24-19-17-23(18-20-24)27(28(29)21-22-11-5-2-6-12-22)32(30,25-13-7-3-8-14-25)26-15-9-4-10-16-26/h2-20,27,29H,21H2,1H3. The summed E-state index contributed by atoms with van der Waals surface area (Å²) in [5.74, 6) is -0.0762. The molecule has 162 valence electrons. The predicted molar refractivity (Wildman–Crippen MR) is 129 cm³/mol. The molecular formula is C27H26NO3P. The summed E-state index contributed by atoms with van der Waals surface area (Å²) in [4.78, 5) is 0. The number of ether oxygens (including phenoxy) is 1. The van der Waals surface area contributed by atoms with E-state index in [9.17, 15) is 5.21 Å². The summed E-state index contributed by atoms with van der Waals surface area (Å²) in [5, 5.41) is 14.0. The van der Waals surface area contributed by atoms with E-state index in [1.165, 1.54) is 5.06 Å². The van der Waals surface area contributed by atoms with Gasteiger partial charge >= 0.3 is 0 Å². The monoisotopic (exact) mass is 443 g/mol. The molecule has 0 saturated carbocycles.